The van der Waals surface area contributed by atoms with Crippen LogP contribution < -0.4 is 16.0 Å². The molecule has 0 radical (unpaired) electrons. The number of thiazole rings is 1. The molecule has 2 aromatic rings. The van der Waals surface area contributed by atoms with Crippen molar-refractivity contribution in [1.29, 1.82) is 0 Å². The van der Waals surface area contributed by atoms with E-state index in [1.165, 1.54) is 11.3 Å². The molecule has 0 aliphatic rings. The lowest BCUT2D eigenvalue weighted by atomic mass is 10.1. The number of carbonyl (C=O) groups excluding carboxylic acids is 1. The van der Waals surface area contributed by atoms with E-state index in [1.807, 2.05) is 37.4 Å². The molecule has 1 heterocycles. The third kappa shape index (κ3) is 3.27. The zero-order valence-electron chi connectivity index (χ0n) is 11.8. The molecule has 1 aromatic carbocycles. The number of nitrogens with one attached hydrogen (secondary N) is 1. The largest absolute Gasteiger partial charge is 0.399 e. The second-order valence-electron chi connectivity index (χ2n) is 4.74. The number of amides is 1. The van der Waals surface area contributed by atoms with Crippen LogP contribution in [0.3, 0.4) is 0 Å². The maximum absolute atomic E-state index is 12.3. The van der Waals surface area contributed by atoms with Crippen LogP contribution in [0.15, 0.2) is 23.6 Å². The summed E-state index contributed by atoms with van der Waals surface area (Å²) >= 11 is 1.54. The van der Waals surface area contributed by atoms with Crippen LogP contribution in [-0.4, -0.2) is 25.0 Å². The molecular weight excluding hydrogens is 272 g/mol. The average Bonchev–Trinajstić information content (AvgIpc) is 2.81. The summed E-state index contributed by atoms with van der Waals surface area (Å²) in [5.74, 6) is -0.145. The lowest BCUT2D eigenvalue weighted by molar-refractivity contribution is 0.0951. The van der Waals surface area contributed by atoms with E-state index in [0.29, 0.717) is 17.8 Å². The molecule has 5 nitrogen and oxygen atoms in total. The van der Waals surface area contributed by atoms with Gasteiger partial charge in [0.2, 0.25) is 0 Å². The molecule has 3 N–H and O–H groups in total. The van der Waals surface area contributed by atoms with Crippen molar-refractivity contribution in [2.45, 2.75) is 13.5 Å². The van der Waals surface area contributed by atoms with Crippen LogP contribution in [-0.2, 0) is 6.54 Å². The number of rotatable bonds is 4. The van der Waals surface area contributed by atoms with Crippen LogP contribution >= 0.6 is 11.3 Å². The summed E-state index contributed by atoms with van der Waals surface area (Å²) in [7, 11) is 3.79. The fourth-order valence-corrected chi connectivity index (χ4v) is 2.57. The number of nitrogen functional groups attached to an aromatic ring is 1. The molecule has 0 saturated carbocycles. The normalized spacial score (nSPS) is 10.3. The standard InChI is InChI=1S/C14H18N4OS/c1-9-8-20-13(17-9)7-16-14(19)11-6-10(15)4-5-12(11)18(2)3/h4-6,8H,7,15H2,1-3H3,(H,16,19). The lowest BCUT2D eigenvalue weighted by Crippen LogP contribution is -2.25. The first-order valence-corrected chi connectivity index (χ1v) is 7.11. The first kappa shape index (κ1) is 14.3. The van der Waals surface area contributed by atoms with E-state index in [9.17, 15) is 4.79 Å². The highest BCUT2D eigenvalue weighted by atomic mass is 32.1. The minimum absolute atomic E-state index is 0.145. The summed E-state index contributed by atoms with van der Waals surface area (Å²) in [6, 6.07) is 5.33. The van der Waals surface area contributed by atoms with Crippen LogP contribution in [0.1, 0.15) is 21.1 Å². The Morgan fingerprint density at radius 3 is 2.80 bits per heavy atom. The third-order valence-corrected chi connectivity index (χ3v) is 3.78. The van der Waals surface area contributed by atoms with Crippen LogP contribution in [0.2, 0.25) is 0 Å². The van der Waals surface area contributed by atoms with Crippen molar-refractivity contribution >= 4 is 28.6 Å². The minimum atomic E-state index is -0.145. The van der Waals surface area contributed by atoms with Crippen molar-refractivity contribution in [2.24, 2.45) is 0 Å². The van der Waals surface area contributed by atoms with Crippen LogP contribution in [0.5, 0.6) is 0 Å². The van der Waals surface area contributed by atoms with E-state index in [2.05, 4.69) is 10.3 Å². The van der Waals surface area contributed by atoms with Gasteiger partial charge in [0.05, 0.1) is 12.1 Å². The van der Waals surface area contributed by atoms with Crippen molar-refractivity contribution in [2.75, 3.05) is 24.7 Å². The van der Waals surface area contributed by atoms with E-state index < -0.39 is 0 Å². The Morgan fingerprint density at radius 1 is 1.45 bits per heavy atom. The van der Waals surface area contributed by atoms with Gasteiger partial charge in [0.1, 0.15) is 5.01 Å². The summed E-state index contributed by atoms with van der Waals surface area (Å²) in [4.78, 5) is 18.5. The second kappa shape index (κ2) is 5.92. The highest BCUT2D eigenvalue weighted by Crippen LogP contribution is 2.21. The van der Waals surface area contributed by atoms with Crippen molar-refractivity contribution in [3.63, 3.8) is 0 Å². The first-order valence-electron chi connectivity index (χ1n) is 6.23. The van der Waals surface area contributed by atoms with Crippen LogP contribution in [0.25, 0.3) is 0 Å². The number of nitrogens with zero attached hydrogens (tertiary/aromatic N) is 2. The molecule has 6 heteroatoms. The number of hydrogen-bond donors (Lipinski definition) is 2. The molecule has 0 aliphatic heterocycles. The van der Waals surface area contributed by atoms with Gasteiger partial charge >= 0.3 is 0 Å². The minimum Gasteiger partial charge on any atom is -0.399 e. The van der Waals surface area contributed by atoms with Crippen molar-refractivity contribution in [3.05, 3.63) is 39.8 Å². The molecule has 1 amide bonds. The van der Waals surface area contributed by atoms with Gasteiger partial charge in [-0.1, -0.05) is 0 Å². The molecule has 106 valence electrons. The van der Waals surface area contributed by atoms with E-state index in [1.54, 1.807) is 12.1 Å². The van der Waals surface area contributed by atoms with Gasteiger partial charge in [-0.25, -0.2) is 4.98 Å². The molecule has 0 atom stereocenters. The summed E-state index contributed by atoms with van der Waals surface area (Å²) in [5, 5.41) is 5.74. The van der Waals surface area contributed by atoms with Gasteiger partial charge in [-0.3, -0.25) is 4.79 Å². The Balaban J connectivity index is 2.14. The topological polar surface area (TPSA) is 71.2 Å². The van der Waals surface area contributed by atoms with Gasteiger partial charge in [0.25, 0.3) is 5.91 Å². The highest BCUT2D eigenvalue weighted by Gasteiger charge is 2.13. The first-order chi connectivity index (χ1) is 9.47. The smallest absolute Gasteiger partial charge is 0.253 e. The third-order valence-electron chi connectivity index (χ3n) is 2.81. The lowest BCUT2D eigenvalue weighted by Gasteiger charge is -2.17. The molecule has 0 unspecified atom stereocenters. The number of anilines is 2. The van der Waals surface area contributed by atoms with Gasteiger partial charge in [0.15, 0.2) is 0 Å². The van der Waals surface area contributed by atoms with Gasteiger partial charge < -0.3 is 16.0 Å². The van der Waals surface area contributed by atoms with Gasteiger partial charge in [-0.2, -0.15) is 0 Å². The fraction of sp³-hybridized carbons (Fsp3) is 0.286. The number of aryl methyl sites for hydroxylation is 1. The Hall–Kier alpha value is -2.08. The molecule has 20 heavy (non-hydrogen) atoms. The van der Waals surface area contributed by atoms with Gasteiger partial charge in [0, 0.05) is 36.5 Å². The zero-order chi connectivity index (χ0) is 14.7. The molecule has 2 rings (SSSR count). The number of aromatic nitrogens is 1. The summed E-state index contributed by atoms with van der Waals surface area (Å²) in [6.45, 7) is 2.36. The highest BCUT2D eigenvalue weighted by molar-refractivity contribution is 7.09. The number of carbonyl (C=O) groups is 1. The van der Waals surface area contributed by atoms with E-state index in [-0.39, 0.29) is 5.91 Å². The Morgan fingerprint density at radius 2 is 2.20 bits per heavy atom. The summed E-state index contributed by atoms with van der Waals surface area (Å²) < 4.78 is 0. The number of benzene rings is 1. The Labute approximate surface area is 122 Å². The molecule has 0 saturated heterocycles. The van der Waals surface area contributed by atoms with E-state index >= 15 is 0 Å². The van der Waals surface area contributed by atoms with Gasteiger partial charge in [-0.15, -0.1) is 11.3 Å². The predicted molar refractivity (Wildman–Crippen MR) is 83.2 cm³/mol. The van der Waals surface area contributed by atoms with Gasteiger partial charge in [-0.05, 0) is 25.1 Å². The van der Waals surface area contributed by atoms with Crippen molar-refractivity contribution < 1.29 is 4.79 Å². The molecule has 1 aromatic heterocycles. The fourth-order valence-electron chi connectivity index (χ4n) is 1.86. The summed E-state index contributed by atoms with van der Waals surface area (Å²) in [5.41, 5.74) is 8.72. The van der Waals surface area contributed by atoms with Crippen LogP contribution in [0, 0.1) is 6.92 Å². The van der Waals surface area contributed by atoms with E-state index in [0.717, 1.165) is 16.4 Å². The predicted octanol–water partition coefficient (Wildman–Crippen LogP) is 2.03. The molecule has 0 bridgehead atoms. The number of hydrogen-bond acceptors (Lipinski definition) is 5. The molecule has 0 fully saturated rings. The van der Waals surface area contributed by atoms with E-state index in [4.69, 9.17) is 5.73 Å². The Bertz CT molecular complexity index is 621. The molecule has 0 spiro atoms. The van der Waals surface area contributed by atoms with Crippen LogP contribution in [0.4, 0.5) is 11.4 Å². The van der Waals surface area contributed by atoms with Crippen molar-refractivity contribution in [1.82, 2.24) is 10.3 Å². The molecule has 0 aliphatic carbocycles. The zero-order valence-corrected chi connectivity index (χ0v) is 12.6. The summed E-state index contributed by atoms with van der Waals surface area (Å²) in [6.07, 6.45) is 0. The SMILES string of the molecule is Cc1csc(CNC(=O)c2cc(N)ccc2N(C)C)n1. The second-order valence-corrected chi connectivity index (χ2v) is 5.68. The number of nitrogens with two attached hydrogens (primary N) is 1. The van der Waals surface area contributed by atoms with Crippen molar-refractivity contribution in [3.8, 4) is 0 Å². The Kier molecular flexibility index (Phi) is 4.24. The average molecular weight is 290 g/mol. The maximum atomic E-state index is 12.3. The molecular formula is C14H18N4OS. The quantitative estimate of drug-likeness (QED) is 0.845. The maximum Gasteiger partial charge on any atom is 0.253 e. The monoisotopic (exact) mass is 290 g/mol.